The van der Waals surface area contributed by atoms with Gasteiger partial charge in [-0.25, -0.2) is 4.79 Å². The van der Waals surface area contributed by atoms with Gasteiger partial charge in [0.05, 0.1) is 12.2 Å². The maximum atomic E-state index is 12.3. The Morgan fingerprint density at radius 1 is 0.957 bits per heavy atom. The third-order valence-electron chi connectivity index (χ3n) is 3.34. The van der Waals surface area contributed by atoms with Crippen molar-refractivity contribution in [2.75, 3.05) is 6.61 Å². The number of carbonyl (C=O) groups is 1. The highest BCUT2D eigenvalue weighted by Gasteiger charge is 2.08. The Hall–Kier alpha value is -2.61. The van der Waals surface area contributed by atoms with Crippen LogP contribution in [0.5, 0.6) is 0 Å². The Bertz CT molecular complexity index is 655. The summed E-state index contributed by atoms with van der Waals surface area (Å²) in [6.07, 6.45) is 7.48. The third-order valence-corrected chi connectivity index (χ3v) is 3.34. The van der Waals surface area contributed by atoms with Crippen molar-refractivity contribution in [3.8, 4) is 0 Å². The van der Waals surface area contributed by atoms with Crippen LogP contribution in [0.15, 0.2) is 72.3 Å². The lowest BCUT2D eigenvalue weighted by Gasteiger charge is -2.05. The zero-order chi connectivity index (χ0) is 16.3. The van der Waals surface area contributed by atoms with E-state index in [1.807, 2.05) is 78.9 Å². The molecular formula is C21H22O2. The van der Waals surface area contributed by atoms with Crippen molar-refractivity contribution in [2.24, 2.45) is 0 Å². The van der Waals surface area contributed by atoms with Gasteiger partial charge in [0.15, 0.2) is 0 Å². The van der Waals surface area contributed by atoms with E-state index in [1.54, 1.807) is 0 Å². The first-order valence-corrected chi connectivity index (χ1v) is 7.96. The number of unbranched alkanes of at least 4 members (excludes halogenated alkanes) is 1. The van der Waals surface area contributed by atoms with Gasteiger partial charge in [0.2, 0.25) is 0 Å². The van der Waals surface area contributed by atoms with E-state index in [0.717, 1.165) is 24.0 Å². The standard InChI is InChI=1S/C21H22O2/c1-2-3-16-23-21(22)20(17-19-12-8-5-9-13-19)15-14-18-10-6-4-7-11-18/h4-15,17H,2-3,16H2,1H3/b15-14+,20-17+. The SMILES string of the molecule is CCCCOC(=O)C(/C=C/c1ccccc1)=C/c1ccccc1. The molecule has 0 saturated carbocycles. The van der Waals surface area contributed by atoms with Crippen molar-refractivity contribution >= 4 is 18.1 Å². The Labute approximate surface area is 138 Å². The highest BCUT2D eigenvalue weighted by molar-refractivity contribution is 5.97. The zero-order valence-corrected chi connectivity index (χ0v) is 13.4. The Morgan fingerprint density at radius 2 is 1.57 bits per heavy atom. The summed E-state index contributed by atoms with van der Waals surface area (Å²) in [5.41, 5.74) is 2.58. The summed E-state index contributed by atoms with van der Waals surface area (Å²) in [6, 6.07) is 19.7. The minimum Gasteiger partial charge on any atom is -0.462 e. The third kappa shape index (κ3) is 5.95. The van der Waals surface area contributed by atoms with E-state index < -0.39 is 0 Å². The number of esters is 1. The summed E-state index contributed by atoms with van der Waals surface area (Å²) in [5, 5.41) is 0. The van der Waals surface area contributed by atoms with Crippen LogP contribution in [0.25, 0.3) is 12.2 Å². The predicted octanol–water partition coefficient (Wildman–Crippen LogP) is 5.13. The van der Waals surface area contributed by atoms with Gasteiger partial charge in [0.1, 0.15) is 0 Å². The van der Waals surface area contributed by atoms with E-state index in [-0.39, 0.29) is 5.97 Å². The molecule has 0 atom stereocenters. The van der Waals surface area contributed by atoms with Crippen LogP contribution in [0, 0.1) is 0 Å². The van der Waals surface area contributed by atoms with Crippen molar-refractivity contribution in [1.29, 1.82) is 0 Å². The van der Waals surface area contributed by atoms with Gasteiger partial charge in [-0.15, -0.1) is 0 Å². The largest absolute Gasteiger partial charge is 0.462 e. The smallest absolute Gasteiger partial charge is 0.338 e. The number of rotatable bonds is 7. The summed E-state index contributed by atoms with van der Waals surface area (Å²) in [5.74, 6) is -0.283. The first-order chi connectivity index (χ1) is 11.3. The van der Waals surface area contributed by atoms with Gasteiger partial charge in [-0.05, 0) is 29.7 Å². The van der Waals surface area contributed by atoms with Gasteiger partial charge < -0.3 is 4.74 Å². The molecule has 118 valence electrons. The van der Waals surface area contributed by atoms with Crippen molar-refractivity contribution in [2.45, 2.75) is 19.8 Å². The molecule has 0 unspecified atom stereocenters. The lowest BCUT2D eigenvalue weighted by Crippen LogP contribution is -2.07. The van der Waals surface area contributed by atoms with Gasteiger partial charge in [-0.2, -0.15) is 0 Å². The van der Waals surface area contributed by atoms with Gasteiger partial charge in [0, 0.05) is 0 Å². The van der Waals surface area contributed by atoms with E-state index in [1.165, 1.54) is 0 Å². The quantitative estimate of drug-likeness (QED) is 0.307. The Kier molecular flexibility index (Phi) is 6.86. The number of hydrogen-bond donors (Lipinski definition) is 0. The molecule has 23 heavy (non-hydrogen) atoms. The first-order valence-electron chi connectivity index (χ1n) is 7.96. The summed E-state index contributed by atoms with van der Waals surface area (Å²) < 4.78 is 5.35. The molecule has 0 saturated heterocycles. The van der Waals surface area contributed by atoms with Crippen molar-refractivity contribution in [3.63, 3.8) is 0 Å². The molecule has 0 aliphatic rings. The van der Waals surface area contributed by atoms with E-state index in [0.29, 0.717) is 12.2 Å². The summed E-state index contributed by atoms with van der Waals surface area (Å²) in [7, 11) is 0. The van der Waals surface area contributed by atoms with Crippen molar-refractivity contribution in [3.05, 3.63) is 83.4 Å². The van der Waals surface area contributed by atoms with Crippen LogP contribution in [-0.2, 0) is 9.53 Å². The average molecular weight is 306 g/mol. The molecule has 2 aromatic carbocycles. The minimum absolute atomic E-state index is 0.283. The number of carbonyl (C=O) groups excluding carboxylic acids is 1. The molecule has 0 aliphatic carbocycles. The summed E-state index contributed by atoms with van der Waals surface area (Å²) in [4.78, 5) is 12.3. The van der Waals surface area contributed by atoms with Crippen LogP contribution in [-0.4, -0.2) is 12.6 Å². The minimum atomic E-state index is -0.283. The van der Waals surface area contributed by atoms with Gasteiger partial charge in [-0.1, -0.05) is 80.1 Å². The molecule has 0 spiro atoms. The lowest BCUT2D eigenvalue weighted by atomic mass is 10.1. The fourth-order valence-electron chi connectivity index (χ4n) is 2.05. The Balaban J connectivity index is 2.19. The van der Waals surface area contributed by atoms with Crippen molar-refractivity contribution < 1.29 is 9.53 Å². The van der Waals surface area contributed by atoms with Gasteiger partial charge in [-0.3, -0.25) is 0 Å². The molecule has 0 aliphatic heterocycles. The molecule has 2 rings (SSSR count). The van der Waals surface area contributed by atoms with Crippen LogP contribution >= 0.6 is 0 Å². The maximum absolute atomic E-state index is 12.3. The fraction of sp³-hybridized carbons (Fsp3) is 0.190. The van der Waals surface area contributed by atoms with E-state index in [4.69, 9.17) is 4.74 Å². The molecule has 0 radical (unpaired) electrons. The molecule has 0 heterocycles. The molecule has 0 aromatic heterocycles. The average Bonchev–Trinajstić information content (AvgIpc) is 2.60. The van der Waals surface area contributed by atoms with Crippen molar-refractivity contribution in [1.82, 2.24) is 0 Å². The highest BCUT2D eigenvalue weighted by atomic mass is 16.5. The molecule has 0 N–H and O–H groups in total. The van der Waals surface area contributed by atoms with Crippen LogP contribution in [0.1, 0.15) is 30.9 Å². The van der Waals surface area contributed by atoms with Crippen LogP contribution < -0.4 is 0 Å². The second kappa shape index (κ2) is 9.42. The maximum Gasteiger partial charge on any atom is 0.338 e. The topological polar surface area (TPSA) is 26.3 Å². The molecule has 0 bridgehead atoms. The lowest BCUT2D eigenvalue weighted by molar-refractivity contribution is -0.138. The first kappa shape index (κ1) is 16.8. The molecule has 0 fully saturated rings. The second-order valence-electron chi connectivity index (χ2n) is 5.24. The summed E-state index contributed by atoms with van der Waals surface area (Å²) in [6.45, 7) is 2.53. The molecule has 0 amide bonds. The number of hydrogen-bond acceptors (Lipinski definition) is 2. The monoisotopic (exact) mass is 306 g/mol. The van der Waals surface area contributed by atoms with Gasteiger partial charge >= 0.3 is 5.97 Å². The molecule has 2 nitrogen and oxygen atoms in total. The van der Waals surface area contributed by atoms with Crippen LogP contribution in [0.4, 0.5) is 0 Å². The zero-order valence-electron chi connectivity index (χ0n) is 13.4. The highest BCUT2D eigenvalue weighted by Crippen LogP contribution is 2.12. The molecule has 2 heteroatoms. The second-order valence-corrected chi connectivity index (χ2v) is 5.24. The normalized spacial score (nSPS) is 11.6. The van der Waals surface area contributed by atoms with E-state index in [2.05, 4.69) is 6.92 Å². The van der Waals surface area contributed by atoms with E-state index >= 15 is 0 Å². The van der Waals surface area contributed by atoms with Crippen LogP contribution in [0.2, 0.25) is 0 Å². The Morgan fingerprint density at radius 3 is 2.17 bits per heavy atom. The number of ether oxygens (including phenoxy) is 1. The van der Waals surface area contributed by atoms with Crippen LogP contribution in [0.3, 0.4) is 0 Å². The molecule has 2 aromatic rings. The number of benzene rings is 2. The fourth-order valence-corrected chi connectivity index (χ4v) is 2.05. The molecular weight excluding hydrogens is 284 g/mol. The summed E-state index contributed by atoms with van der Waals surface area (Å²) >= 11 is 0. The van der Waals surface area contributed by atoms with E-state index in [9.17, 15) is 4.79 Å². The van der Waals surface area contributed by atoms with Gasteiger partial charge in [0.25, 0.3) is 0 Å². The predicted molar refractivity (Wildman–Crippen MR) is 95.8 cm³/mol.